The van der Waals surface area contributed by atoms with Gasteiger partial charge in [-0.1, -0.05) is 0 Å². The Bertz CT molecular complexity index is 261. The predicted octanol–water partition coefficient (Wildman–Crippen LogP) is -0.583. The minimum atomic E-state index is 0.531. The number of hydrogen-bond acceptors (Lipinski definition) is 3. The molecule has 0 amide bonds. The van der Waals surface area contributed by atoms with E-state index in [2.05, 4.69) is 15.6 Å². The largest absolute Gasteiger partial charge is 0.317 e. The van der Waals surface area contributed by atoms with Crippen molar-refractivity contribution in [3.8, 4) is 0 Å². The summed E-state index contributed by atoms with van der Waals surface area (Å²) in [4.78, 5) is 1.61. The molecule has 1 fully saturated rings. The molecule has 0 radical (unpaired) electrons. The average molecular weight is 182 g/mol. The maximum atomic E-state index is 4.27. The number of nitrogens with zero attached hydrogens (tertiary/aromatic N) is 4. The van der Waals surface area contributed by atoms with Crippen LogP contribution < -0.4 is 10.00 Å². The quantitative estimate of drug-likeness (QED) is 0.591. The van der Waals surface area contributed by atoms with Crippen LogP contribution >= 0.6 is 0 Å². The molecular formula is C8H16N5+. The standard InChI is InChI=1S/C8H16N5/c1-12-10-7-13(11-12)8-3-2-5-9-6-4-8/h7-9H,2-6H2,1H3/q+1. The normalized spacial score (nSPS) is 24.2. The second kappa shape index (κ2) is 3.83. The minimum absolute atomic E-state index is 0.531. The lowest BCUT2D eigenvalue weighted by molar-refractivity contribution is -0.780. The molecular weight excluding hydrogens is 166 g/mol. The van der Waals surface area contributed by atoms with Crippen LogP contribution in [0.15, 0.2) is 6.33 Å². The number of aromatic nitrogens is 4. The van der Waals surface area contributed by atoms with E-state index in [0.717, 1.165) is 19.5 Å². The molecule has 5 heteroatoms. The monoisotopic (exact) mass is 182 g/mol. The molecule has 1 atom stereocenters. The average Bonchev–Trinajstić information content (AvgIpc) is 2.43. The van der Waals surface area contributed by atoms with Crippen molar-refractivity contribution >= 4 is 0 Å². The van der Waals surface area contributed by atoms with E-state index in [9.17, 15) is 0 Å². The second-order valence-electron chi connectivity index (χ2n) is 3.52. The van der Waals surface area contributed by atoms with E-state index in [4.69, 9.17) is 0 Å². The molecule has 2 rings (SSSR count). The van der Waals surface area contributed by atoms with Crippen LogP contribution in [-0.4, -0.2) is 28.2 Å². The molecule has 0 aromatic carbocycles. The van der Waals surface area contributed by atoms with Gasteiger partial charge in [0.15, 0.2) is 0 Å². The van der Waals surface area contributed by atoms with Crippen LogP contribution in [-0.2, 0) is 7.05 Å². The first-order valence-corrected chi connectivity index (χ1v) is 4.85. The van der Waals surface area contributed by atoms with Gasteiger partial charge in [0, 0.05) is 0 Å². The number of tetrazole rings is 1. The third kappa shape index (κ3) is 2.03. The van der Waals surface area contributed by atoms with Gasteiger partial charge in [0.25, 0.3) is 6.33 Å². The molecule has 0 spiro atoms. The summed E-state index contributed by atoms with van der Waals surface area (Å²) >= 11 is 0. The van der Waals surface area contributed by atoms with Crippen molar-refractivity contribution < 1.29 is 4.68 Å². The van der Waals surface area contributed by atoms with Crippen molar-refractivity contribution in [2.75, 3.05) is 13.1 Å². The summed E-state index contributed by atoms with van der Waals surface area (Å²) in [5.74, 6) is 0. The van der Waals surface area contributed by atoms with Crippen molar-refractivity contribution in [2.45, 2.75) is 25.3 Å². The Kier molecular flexibility index (Phi) is 2.54. The number of nitrogens with one attached hydrogen (secondary N) is 1. The minimum Gasteiger partial charge on any atom is -0.317 e. The molecule has 1 unspecified atom stereocenters. The number of rotatable bonds is 1. The zero-order valence-corrected chi connectivity index (χ0v) is 7.98. The van der Waals surface area contributed by atoms with E-state index in [1.54, 1.807) is 4.80 Å². The first-order valence-electron chi connectivity index (χ1n) is 4.85. The highest BCUT2D eigenvalue weighted by Crippen LogP contribution is 2.11. The molecule has 1 aromatic rings. The molecule has 1 aromatic heterocycles. The predicted molar refractivity (Wildman–Crippen MR) is 47.0 cm³/mol. The molecule has 5 nitrogen and oxygen atoms in total. The highest BCUT2D eigenvalue weighted by molar-refractivity contribution is 4.60. The van der Waals surface area contributed by atoms with E-state index in [1.165, 1.54) is 12.8 Å². The van der Waals surface area contributed by atoms with Crippen LogP contribution in [0, 0.1) is 0 Å². The third-order valence-electron chi connectivity index (χ3n) is 2.49. The van der Waals surface area contributed by atoms with Crippen molar-refractivity contribution in [2.24, 2.45) is 7.05 Å². The second-order valence-corrected chi connectivity index (χ2v) is 3.52. The van der Waals surface area contributed by atoms with Crippen LogP contribution in [0.2, 0.25) is 0 Å². The Morgan fingerprint density at radius 1 is 1.46 bits per heavy atom. The van der Waals surface area contributed by atoms with Gasteiger partial charge in [-0.05, 0) is 37.1 Å². The maximum Gasteiger partial charge on any atom is 0.286 e. The van der Waals surface area contributed by atoms with Gasteiger partial charge in [0.2, 0.25) is 0 Å². The Hall–Kier alpha value is -0.970. The van der Waals surface area contributed by atoms with Gasteiger partial charge >= 0.3 is 0 Å². The first-order chi connectivity index (χ1) is 6.36. The van der Waals surface area contributed by atoms with E-state index in [0.29, 0.717) is 6.04 Å². The summed E-state index contributed by atoms with van der Waals surface area (Å²) in [6, 6.07) is 0.531. The molecule has 13 heavy (non-hydrogen) atoms. The molecule has 1 aliphatic heterocycles. The fraction of sp³-hybridized carbons (Fsp3) is 0.875. The third-order valence-corrected chi connectivity index (χ3v) is 2.49. The van der Waals surface area contributed by atoms with Crippen LogP contribution in [0.4, 0.5) is 0 Å². The molecule has 0 saturated carbocycles. The lowest BCUT2D eigenvalue weighted by atomic mass is 10.1. The summed E-state index contributed by atoms with van der Waals surface area (Å²) in [6.45, 7) is 2.23. The first kappa shape index (κ1) is 8.62. The van der Waals surface area contributed by atoms with Gasteiger partial charge in [-0.25, -0.2) is 0 Å². The van der Waals surface area contributed by atoms with Crippen LogP contribution in [0.25, 0.3) is 0 Å². The fourth-order valence-corrected chi connectivity index (χ4v) is 1.76. The van der Waals surface area contributed by atoms with Crippen LogP contribution in [0.3, 0.4) is 0 Å². The highest BCUT2D eigenvalue weighted by atomic mass is 15.6. The SMILES string of the molecule is Cn1nc[n+](C2CCCNCC2)n1. The Morgan fingerprint density at radius 2 is 2.38 bits per heavy atom. The van der Waals surface area contributed by atoms with Crippen LogP contribution in [0.1, 0.15) is 25.3 Å². The highest BCUT2D eigenvalue weighted by Gasteiger charge is 2.19. The molecule has 1 saturated heterocycles. The Labute approximate surface area is 77.7 Å². The molecule has 0 aliphatic carbocycles. The lowest BCUT2D eigenvalue weighted by Gasteiger charge is -2.06. The number of aryl methyl sites for hydroxylation is 1. The van der Waals surface area contributed by atoms with Crippen molar-refractivity contribution in [1.29, 1.82) is 0 Å². The van der Waals surface area contributed by atoms with Crippen molar-refractivity contribution in [3.05, 3.63) is 6.33 Å². The van der Waals surface area contributed by atoms with Crippen molar-refractivity contribution in [1.82, 2.24) is 20.4 Å². The summed E-state index contributed by atoms with van der Waals surface area (Å²) < 4.78 is 1.98. The fourth-order valence-electron chi connectivity index (χ4n) is 1.76. The van der Waals surface area contributed by atoms with E-state index < -0.39 is 0 Å². The number of hydrogen-bond donors (Lipinski definition) is 1. The molecule has 1 N–H and O–H groups in total. The Morgan fingerprint density at radius 3 is 3.15 bits per heavy atom. The smallest absolute Gasteiger partial charge is 0.286 e. The summed E-state index contributed by atoms with van der Waals surface area (Å²) in [6.07, 6.45) is 5.41. The maximum absolute atomic E-state index is 4.27. The van der Waals surface area contributed by atoms with Gasteiger partial charge in [0.05, 0.1) is 10.3 Å². The zero-order valence-electron chi connectivity index (χ0n) is 7.98. The van der Waals surface area contributed by atoms with E-state index in [-0.39, 0.29) is 0 Å². The van der Waals surface area contributed by atoms with E-state index >= 15 is 0 Å². The van der Waals surface area contributed by atoms with Gasteiger partial charge < -0.3 is 5.32 Å². The van der Waals surface area contributed by atoms with Gasteiger partial charge in [-0.15, -0.1) is 4.68 Å². The van der Waals surface area contributed by atoms with Gasteiger partial charge in [-0.3, -0.25) is 0 Å². The molecule has 2 heterocycles. The van der Waals surface area contributed by atoms with Gasteiger partial charge in [0.1, 0.15) is 13.1 Å². The van der Waals surface area contributed by atoms with E-state index in [1.807, 2.05) is 18.1 Å². The lowest BCUT2D eigenvalue weighted by Crippen LogP contribution is -2.42. The molecule has 1 aliphatic rings. The summed E-state index contributed by atoms with van der Waals surface area (Å²) in [7, 11) is 1.85. The zero-order chi connectivity index (χ0) is 9.10. The topological polar surface area (TPSA) is 46.6 Å². The summed E-state index contributed by atoms with van der Waals surface area (Å²) in [5.41, 5.74) is 0. The summed E-state index contributed by atoms with van der Waals surface area (Å²) in [5, 5.41) is 11.7. The van der Waals surface area contributed by atoms with Gasteiger partial charge in [-0.2, -0.15) is 0 Å². The van der Waals surface area contributed by atoms with Crippen molar-refractivity contribution in [3.63, 3.8) is 0 Å². The molecule has 0 bridgehead atoms. The Balaban J connectivity index is 2.06. The molecule has 72 valence electrons. The van der Waals surface area contributed by atoms with Crippen LogP contribution in [0.5, 0.6) is 0 Å².